The molecule has 2 aliphatic carbocycles. The molecule has 0 radical (unpaired) electrons. The van der Waals surface area contributed by atoms with E-state index in [0.29, 0.717) is 0 Å². The van der Waals surface area contributed by atoms with E-state index in [9.17, 15) is 0 Å². The van der Waals surface area contributed by atoms with Crippen LogP contribution < -0.4 is 20.7 Å². The zero-order valence-electron chi connectivity index (χ0n) is 41.4. The Kier molecular flexibility index (Phi) is 8.24. The lowest BCUT2D eigenvalue weighted by Gasteiger charge is -2.30. The molecule has 0 saturated carbocycles. The Hall–Kier alpha value is -8.15. The molecule has 0 unspecified atom stereocenters. The maximum atomic E-state index is 2.60. The fourth-order valence-corrected chi connectivity index (χ4v) is 22.1. The summed E-state index contributed by atoms with van der Waals surface area (Å²) in [6.45, 7) is 10.3. The molecule has 0 bridgehead atoms. The Morgan fingerprint density at radius 3 is 1.21 bits per heavy atom. The lowest BCUT2D eigenvalue weighted by molar-refractivity contribution is 0.794. The largest absolute Gasteiger partial charge is 0.114 e. The van der Waals surface area contributed by atoms with Gasteiger partial charge in [-0.15, -0.1) is 0 Å². The second-order valence-electron chi connectivity index (χ2n) is 22.1. The Balaban J connectivity index is 1.07. The van der Waals surface area contributed by atoms with Crippen LogP contribution in [-0.2, 0) is 5.41 Å². The van der Waals surface area contributed by atoms with Crippen molar-refractivity contribution in [3.8, 4) is 77.9 Å². The van der Waals surface area contributed by atoms with E-state index in [2.05, 4.69) is 257 Å². The van der Waals surface area contributed by atoms with E-state index < -0.39 is 21.6 Å². The van der Waals surface area contributed by atoms with Gasteiger partial charge in [0.15, 0.2) is 0 Å². The first kappa shape index (κ1) is 41.5. The zero-order valence-corrected chi connectivity index (χ0v) is 43.4. The van der Waals surface area contributed by atoms with Crippen molar-refractivity contribution in [3.05, 3.63) is 253 Å². The van der Waals surface area contributed by atoms with Crippen LogP contribution in [0.25, 0.3) is 110 Å². The number of rotatable bonds is 3. The van der Waals surface area contributed by atoms with E-state index in [1.807, 2.05) is 0 Å². The maximum Gasteiger partial charge on any atom is 0.114 e. The minimum atomic E-state index is -2.10. The number of hydrogen-bond donors (Lipinski definition) is 0. The maximum absolute atomic E-state index is 2.60. The minimum absolute atomic E-state index is 0.486. The van der Waals surface area contributed by atoms with Gasteiger partial charge in [0.05, 0.1) is 5.41 Å². The van der Waals surface area contributed by atoms with E-state index in [4.69, 9.17) is 0 Å². The second kappa shape index (κ2) is 14.5. The molecule has 0 aromatic heterocycles. The molecule has 0 saturated heterocycles. The summed E-state index contributed by atoms with van der Waals surface area (Å²) >= 11 is 0. The van der Waals surface area contributed by atoms with Gasteiger partial charge in [0, 0.05) is 0 Å². The van der Waals surface area contributed by atoms with Gasteiger partial charge < -0.3 is 0 Å². The third kappa shape index (κ3) is 5.15. The van der Waals surface area contributed by atoms with E-state index in [1.165, 1.54) is 143 Å². The van der Waals surface area contributed by atoms with Crippen LogP contribution in [0.1, 0.15) is 22.3 Å². The molecule has 2 heterocycles. The molecule has 73 heavy (non-hydrogen) atoms. The molecule has 2 heteroatoms. The van der Waals surface area contributed by atoms with Crippen molar-refractivity contribution < 1.29 is 0 Å². The van der Waals surface area contributed by atoms with Gasteiger partial charge in [-0.2, -0.15) is 0 Å². The molecule has 16 rings (SSSR count). The first-order chi connectivity index (χ1) is 35.8. The van der Waals surface area contributed by atoms with Crippen molar-refractivity contribution in [3.63, 3.8) is 0 Å². The summed E-state index contributed by atoms with van der Waals surface area (Å²) in [5.74, 6) is 0. The summed E-state index contributed by atoms with van der Waals surface area (Å²) in [6, 6.07) is 89.4. The summed E-state index contributed by atoms with van der Waals surface area (Å²) in [5.41, 5.74) is 23.9. The fraction of sp³-hybridized carbons (Fsp3) is 0.0704. The van der Waals surface area contributed by atoms with Crippen molar-refractivity contribution in [2.24, 2.45) is 0 Å². The molecular weight excluding hydrogens is 909 g/mol. The zero-order chi connectivity index (χ0) is 48.5. The highest BCUT2D eigenvalue weighted by Gasteiger charge is 2.53. The predicted octanol–water partition coefficient (Wildman–Crippen LogP) is 16.1. The van der Waals surface area contributed by atoms with Crippen LogP contribution in [0.3, 0.4) is 0 Å². The van der Waals surface area contributed by atoms with Crippen LogP contribution in [-0.4, -0.2) is 16.1 Å². The molecule has 1 spiro atoms. The number of fused-ring (bicyclic) bond motifs is 20. The van der Waals surface area contributed by atoms with Crippen molar-refractivity contribution in [2.75, 3.05) is 0 Å². The van der Waals surface area contributed by atoms with E-state index in [-0.39, 0.29) is 0 Å². The highest BCUT2D eigenvalue weighted by Crippen LogP contribution is 2.65. The molecule has 12 aromatic carbocycles. The molecular formula is C71H50Si2. The van der Waals surface area contributed by atoms with Crippen LogP contribution in [0.4, 0.5) is 0 Å². The topological polar surface area (TPSA) is 0 Å². The van der Waals surface area contributed by atoms with Crippen LogP contribution >= 0.6 is 0 Å². The molecule has 2 aliphatic heterocycles. The third-order valence-electron chi connectivity index (χ3n) is 18.1. The van der Waals surface area contributed by atoms with Gasteiger partial charge in [0.25, 0.3) is 0 Å². The molecule has 0 atom stereocenters. The lowest BCUT2D eigenvalue weighted by Crippen LogP contribution is -2.50. The highest BCUT2D eigenvalue weighted by molar-refractivity contribution is 7.05. The van der Waals surface area contributed by atoms with Gasteiger partial charge in [-0.3, -0.25) is 0 Å². The Morgan fingerprint density at radius 2 is 0.630 bits per heavy atom. The van der Waals surface area contributed by atoms with Crippen LogP contribution in [0.2, 0.25) is 26.2 Å². The predicted molar refractivity (Wildman–Crippen MR) is 316 cm³/mol. The highest BCUT2D eigenvalue weighted by atomic mass is 28.3. The minimum Gasteiger partial charge on any atom is -0.0623 e. The van der Waals surface area contributed by atoms with Gasteiger partial charge in [0.1, 0.15) is 16.1 Å². The Labute approximate surface area is 428 Å². The summed E-state index contributed by atoms with van der Waals surface area (Å²) in [4.78, 5) is 0. The molecule has 0 N–H and O–H groups in total. The van der Waals surface area contributed by atoms with Crippen LogP contribution in [0.15, 0.2) is 231 Å². The van der Waals surface area contributed by atoms with Crippen molar-refractivity contribution in [1.29, 1.82) is 0 Å². The quantitative estimate of drug-likeness (QED) is 0.122. The van der Waals surface area contributed by atoms with Crippen molar-refractivity contribution in [2.45, 2.75) is 31.6 Å². The van der Waals surface area contributed by atoms with Gasteiger partial charge in [-0.05, 0) is 159 Å². The van der Waals surface area contributed by atoms with Crippen LogP contribution in [0.5, 0.6) is 0 Å². The molecule has 0 nitrogen and oxygen atoms in total. The average molecular weight is 959 g/mol. The average Bonchev–Trinajstić information content (AvgIpc) is 4.09. The summed E-state index contributed by atoms with van der Waals surface area (Å²) in [7, 11) is -4.20. The Morgan fingerprint density at radius 1 is 0.247 bits per heavy atom. The van der Waals surface area contributed by atoms with Crippen molar-refractivity contribution in [1.82, 2.24) is 0 Å². The lowest BCUT2D eigenvalue weighted by atomic mass is 9.70. The van der Waals surface area contributed by atoms with Crippen molar-refractivity contribution >= 4 is 69.2 Å². The van der Waals surface area contributed by atoms with Gasteiger partial charge in [-0.1, -0.05) is 251 Å². The molecule has 342 valence electrons. The van der Waals surface area contributed by atoms with E-state index in [0.717, 1.165) is 0 Å². The molecule has 12 aromatic rings. The standard InChI is InChI=1S/C71H50Si2/c1-72(2)64-38-13-9-24-49(64)55-32-17-30-53(69(55)72)45-26-15-28-51-58(45)42-59-46(54-31-18-33-56-50-25-10-14-39-65(50)73(3,4)70(54)56)27-16-29-52(59)66(51)57-34-19-37-62-68(57)67-44-21-6-5-20-43(44)40-41-63(67)71(62)60-35-11-7-22-47(60)48-23-8-12-36-61(48)71/h5-42H,1-4H3. The molecule has 4 aliphatic rings. The number of hydrogen-bond acceptors (Lipinski definition) is 0. The second-order valence-corrected chi connectivity index (χ2v) is 30.7. The summed E-state index contributed by atoms with van der Waals surface area (Å²) < 4.78 is 0. The van der Waals surface area contributed by atoms with Gasteiger partial charge in [-0.25, -0.2) is 0 Å². The first-order valence-corrected chi connectivity index (χ1v) is 32.1. The fourth-order valence-electron chi connectivity index (χ4n) is 15.2. The Bertz CT molecular complexity index is 4240. The molecule has 0 amide bonds. The molecule has 0 fully saturated rings. The van der Waals surface area contributed by atoms with E-state index in [1.54, 1.807) is 10.4 Å². The normalized spacial score (nSPS) is 15.2. The van der Waals surface area contributed by atoms with Crippen LogP contribution in [0, 0.1) is 0 Å². The van der Waals surface area contributed by atoms with E-state index >= 15 is 0 Å². The van der Waals surface area contributed by atoms with Gasteiger partial charge in [0.2, 0.25) is 0 Å². The summed E-state index contributed by atoms with van der Waals surface area (Å²) in [5, 5.41) is 13.9. The smallest absolute Gasteiger partial charge is 0.0623 e. The SMILES string of the molecule is C[Si]1(C)c2ccccc2-c2cccc(-c3cccc4c(-c5cccc6c5-c5c(ccc7ccccc57)C65c6ccccc6-c6ccccc65)c5cccc(-c6cccc7c6[Si](C)(C)c6ccccc6-7)c5cc34)c21. The van der Waals surface area contributed by atoms with Gasteiger partial charge >= 0.3 is 0 Å². The summed E-state index contributed by atoms with van der Waals surface area (Å²) in [6.07, 6.45) is 0. The number of benzene rings is 12. The third-order valence-corrected chi connectivity index (χ3v) is 25.2. The monoisotopic (exact) mass is 958 g/mol. The first-order valence-electron chi connectivity index (χ1n) is 26.1.